The van der Waals surface area contributed by atoms with Crippen molar-refractivity contribution in [3.8, 4) is 0 Å². The molecule has 1 fully saturated rings. The molecule has 1 aromatic rings. The molecule has 1 saturated heterocycles. The van der Waals surface area contributed by atoms with Crippen molar-refractivity contribution in [2.24, 2.45) is 0 Å². The molecule has 0 spiro atoms. The summed E-state index contributed by atoms with van der Waals surface area (Å²) in [6.07, 6.45) is 0. The van der Waals surface area contributed by atoms with Crippen LogP contribution in [-0.4, -0.2) is 34.5 Å². The van der Waals surface area contributed by atoms with E-state index in [1.165, 1.54) is 17.8 Å². The van der Waals surface area contributed by atoms with Gasteiger partial charge in [0.2, 0.25) is 0 Å². The monoisotopic (exact) mass is 269 g/mol. The molecule has 0 atom stereocenters. The SMILES string of the molecule is Cc1c(SC2COC2)cc(C(=O)O)cc1[N+](=O)[O-]. The molecular formula is C11H11NO5S. The van der Waals surface area contributed by atoms with E-state index in [1.54, 1.807) is 6.92 Å². The highest BCUT2D eigenvalue weighted by molar-refractivity contribution is 8.00. The molecule has 6 nitrogen and oxygen atoms in total. The molecule has 18 heavy (non-hydrogen) atoms. The Kier molecular flexibility index (Phi) is 3.53. The predicted molar refractivity (Wildman–Crippen MR) is 65.3 cm³/mol. The summed E-state index contributed by atoms with van der Waals surface area (Å²) < 4.78 is 5.03. The van der Waals surface area contributed by atoms with E-state index in [1.807, 2.05) is 0 Å². The summed E-state index contributed by atoms with van der Waals surface area (Å²) in [5, 5.41) is 20.1. The van der Waals surface area contributed by atoms with Crippen LogP contribution in [0.3, 0.4) is 0 Å². The Morgan fingerprint density at radius 3 is 2.67 bits per heavy atom. The van der Waals surface area contributed by atoms with Crippen molar-refractivity contribution in [1.82, 2.24) is 0 Å². The third kappa shape index (κ3) is 2.46. The van der Waals surface area contributed by atoms with Crippen molar-refractivity contribution in [2.75, 3.05) is 13.2 Å². The normalized spacial score (nSPS) is 15.2. The molecule has 1 aliphatic rings. The van der Waals surface area contributed by atoms with Gasteiger partial charge < -0.3 is 9.84 Å². The van der Waals surface area contributed by atoms with Crippen LogP contribution in [0.4, 0.5) is 5.69 Å². The summed E-state index contributed by atoms with van der Waals surface area (Å²) in [7, 11) is 0. The van der Waals surface area contributed by atoms with Crippen molar-refractivity contribution in [3.63, 3.8) is 0 Å². The summed E-state index contributed by atoms with van der Waals surface area (Å²) in [6, 6.07) is 2.58. The van der Waals surface area contributed by atoms with Crippen LogP contribution in [0.25, 0.3) is 0 Å². The summed E-state index contributed by atoms with van der Waals surface area (Å²) in [6.45, 7) is 2.82. The number of thioether (sulfide) groups is 1. The van der Waals surface area contributed by atoms with Gasteiger partial charge in [-0.05, 0) is 13.0 Å². The Morgan fingerprint density at radius 1 is 1.56 bits per heavy atom. The molecule has 0 radical (unpaired) electrons. The number of carboxylic acids is 1. The molecule has 0 aliphatic carbocycles. The number of carboxylic acid groups (broad SMARTS) is 1. The number of rotatable bonds is 4. The number of hydrogen-bond acceptors (Lipinski definition) is 5. The second kappa shape index (κ2) is 4.95. The van der Waals surface area contributed by atoms with E-state index < -0.39 is 10.9 Å². The number of nitrogens with zero attached hydrogens (tertiary/aromatic N) is 1. The van der Waals surface area contributed by atoms with Gasteiger partial charge in [-0.25, -0.2) is 4.79 Å². The number of nitro benzene ring substituents is 1. The predicted octanol–water partition coefficient (Wildman–Crippen LogP) is 2.09. The second-order valence-electron chi connectivity index (χ2n) is 3.96. The minimum Gasteiger partial charge on any atom is -0.478 e. The lowest BCUT2D eigenvalue weighted by Gasteiger charge is -2.25. The molecule has 0 saturated carbocycles. The Labute approximate surface area is 107 Å². The van der Waals surface area contributed by atoms with Crippen molar-refractivity contribution in [1.29, 1.82) is 0 Å². The van der Waals surface area contributed by atoms with Crippen LogP contribution in [0.15, 0.2) is 17.0 Å². The minimum absolute atomic E-state index is 0.0601. The van der Waals surface area contributed by atoms with Crippen LogP contribution < -0.4 is 0 Å². The Balaban J connectivity index is 2.41. The molecule has 7 heteroatoms. The van der Waals surface area contributed by atoms with Gasteiger partial charge in [0.05, 0.1) is 29.0 Å². The first kappa shape index (κ1) is 12.8. The van der Waals surface area contributed by atoms with Gasteiger partial charge >= 0.3 is 5.97 Å². The summed E-state index contributed by atoms with van der Waals surface area (Å²) in [5.74, 6) is -1.16. The fourth-order valence-corrected chi connectivity index (χ4v) is 2.73. The van der Waals surface area contributed by atoms with Gasteiger partial charge in [-0.2, -0.15) is 0 Å². The van der Waals surface area contributed by atoms with Gasteiger partial charge in [0.15, 0.2) is 0 Å². The van der Waals surface area contributed by atoms with Gasteiger partial charge in [0, 0.05) is 16.5 Å². The van der Waals surface area contributed by atoms with Crippen LogP contribution in [0.1, 0.15) is 15.9 Å². The molecule has 1 aromatic carbocycles. The first-order chi connectivity index (χ1) is 8.49. The highest BCUT2D eigenvalue weighted by atomic mass is 32.2. The third-order valence-corrected chi connectivity index (χ3v) is 3.96. The maximum atomic E-state index is 11.0. The number of hydrogen-bond donors (Lipinski definition) is 1. The minimum atomic E-state index is -1.16. The number of benzene rings is 1. The first-order valence-corrected chi connectivity index (χ1v) is 6.13. The topological polar surface area (TPSA) is 89.7 Å². The Hall–Kier alpha value is -1.60. The van der Waals surface area contributed by atoms with Crippen molar-refractivity contribution in [2.45, 2.75) is 17.1 Å². The molecule has 1 aliphatic heterocycles. The van der Waals surface area contributed by atoms with Gasteiger partial charge in [-0.15, -0.1) is 11.8 Å². The van der Waals surface area contributed by atoms with E-state index in [0.717, 1.165) is 6.07 Å². The van der Waals surface area contributed by atoms with E-state index in [2.05, 4.69) is 0 Å². The molecule has 0 bridgehead atoms. The zero-order chi connectivity index (χ0) is 13.3. The van der Waals surface area contributed by atoms with E-state index in [-0.39, 0.29) is 16.5 Å². The summed E-state index contributed by atoms with van der Waals surface area (Å²) in [5.41, 5.74) is 0.287. The Bertz CT molecular complexity index is 512. The quantitative estimate of drug-likeness (QED) is 0.665. The van der Waals surface area contributed by atoms with Gasteiger partial charge in [-0.3, -0.25) is 10.1 Å². The molecular weight excluding hydrogens is 258 g/mol. The summed E-state index contributed by atoms with van der Waals surface area (Å²) >= 11 is 1.43. The van der Waals surface area contributed by atoms with Crippen LogP contribution in [0.5, 0.6) is 0 Å². The largest absolute Gasteiger partial charge is 0.478 e. The van der Waals surface area contributed by atoms with E-state index in [4.69, 9.17) is 9.84 Å². The van der Waals surface area contributed by atoms with Crippen LogP contribution in [0, 0.1) is 17.0 Å². The number of ether oxygens (including phenoxy) is 1. The lowest BCUT2D eigenvalue weighted by molar-refractivity contribution is -0.385. The average Bonchev–Trinajstić information content (AvgIpc) is 2.24. The molecule has 96 valence electrons. The van der Waals surface area contributed by atoms with E-state index >= 15 is 0 Å². The number of carbonyl (C=O) groups is 1. The molecule has 1 N–H and O–H groups in total. The van der Waals surface area contributed by atoms with Gasteiger partial charge in [-0.1, -0.05) is 0 Å². The maximum absolute atomic E-state index is 11.0. The fraction of sp³-hybridized carbons (Fsp3) is 0.364. The van der Waals surface area contributed by atoms with Crippen molar-refractivity contribution >= 4 is 23.4 Å². The van der Waals surface area contributed by atoms with Crippen LogP contribution in [-0.2, 0) is 4.74 Å². The molecule has 2 rings (SSSR count). The molecule has 0 aromatic heterocycles. The highest BCUT2D eigenvalue weighted by Gasteiger charge is 2.24. The maximum Gasteiger partial charge on any atom is 0.335 e. The standard InChI is InChI=1S/C11H11NO5S/c1-6-9(12(15)16)2-7(11(13)14)3-10(6)18-8-4-17-5-8/h2-3,8H,4-5H2,1H3,(H,13,14). The van der Waals surface area contributed by atoms with E-state index in [9.17, 15) is 14.9 Å². The smallest absolute Gasteiger partial charge is 0.335 e. The van der Waals surface area contributed by atoms with Crippen molar-refractivity contribution < 1.29 is 19.6 Å². The van der Waals surface area contributed by atoms with Crippen molar-refractivity contribution in [3.05, 3.63) is 33.4 Å². The van der Waals surface area contributed by atoms with E-state index in [0.29, 0.717) is 23.7 Å². The lowest BCUT2D eigenvalue weighted by Crippen LogP contribution is -2.30. The zero-order valence-corrected chi connectivity index (χ0v) is 10.4. The molecule has 1 heterocycles. The fourth-order valence-electron chi connectivity index (χ4n) is 1.57. The van der Waals surface area contributed by atoms with Crippen LogP contribution in [0.2, 0.25) is 0 Å². The number of nitro groups is 1. The third-order valence-electron chi connectivity index (χ3n) is 2.68. The number of aromatic carboxylic acids is 1. The highest BCUT2D eigenvalue weighted by Crippen LogP contribution is 2.35. The first-order valence-electron chi connectivity index (χ1n) is 5.25. The van der Waals surface area contributed by atoms with Crippen LogP contribution >= 0.6 is 11.8 Å². The Morgan fingerprint density at radius 2 is 2.22 bits per heavy atom. The lowest BCUT2D eigenvalue weighted by atomic mass is 10.1. The van der Waals surface area contributed by atoms with Gasteiger partial charge in [0.25, 0.3) is 5.69 Å². The average molecular weight is 269 g/mol. The summed E-state index contributed by atoms with van der Waals surface area (Å²) in [4.78, 5) is 21.9. The second-order valence-corrected chi connectivity index (χ2v) is 5.30. The molecule has 0 amide bonds. The molecule has 0 unspecified atom stereocenters. The van der Waals surface area contributed by atoms with Gasteiger partial charge in [0.1, 0.15) is 0 Å². The zero-order valence-electron chi connectivity index (χ0n) is 9.58.